The second kappa shape index (κ2) is 7.36. The molecule has 0 heterocycles. The first kappa shape index (κ1) is 16.9. The van der Waals surface area contributed by atoms with Crippen molar-refractivity contribution < 1.29 is 14.4 Å². The first-order valence-corrected chi connectivity index (χ1v) is 6.34. The standard InChI is InChI=1S/C13H26N2O3/c1-9(2)7-14-11(16)10(3)8-18-15-12(17)13(4,5)6/h9-10H,7-8H2,1-6H3,(H,14,16)(H,15,17). The largest absolute Gasteiger partial charge is 0.356 e. The second-order valence-electron chi connectivity index (χ2n) is 6.03. The molecular formula is C13H26N2O3. The van der Waals surface area contributed by atoms with Crippen molar-refractivity contribution in [3.8, 4) is 0 Å². The predicted octanol–water partition coefficient (Wildman–Crippen LogP) is 1.49. The van der Waals surface area contributed by atoms with Gasteiger partial charge in [-0.1, -0.05) is 41.5 Å². The molecule has 18 heavy (non-hydrogen) atoms. The minimum Gasteiger partial charge on any atom is -0.356 e. The van der Waals surface area contributed by atoms with Gasteiger partial charge in [-0.2, -0.15) is 0 Å². The molecule has 0 fully saturated rings. The van der Waals surface area contributed by atoms with Gasteiger partial charge in [-0.3, -0.25) is 14.4 Å². The molecule has 0 rings (SSSR count). The highest BCUT2D eigenvalue weighted by atomic mass is 16.7. The minimum absolute atomic E-state index is 0.0614. The Morgan fingerprint density at radius 3 is 2.17 bits per heavy atom. The van der Waals surface area contributed by atoms with Crippen LogP contribution < -0.4 is 10.8 Å². The van der Waals surface area contributed by atoms with Gasteiger partial charge in [0.2, 0.25) is 11.8 Å². The molecule has 0 saturated carbocycles. The number of rotatable bonds is 6. The first-order chi connectivity index (χ1) is 8.14. The van der Waals surface area contributed by atoms with Crippen molar-refractivity contribution in [3.05, 3.63) is 0 Å². The van der Waals surface area contributed by atoms with Crippen molar-refractivity contribution in [2.45, 2.75) is 41.5 Å². The van der Waals surface area contributed by atoms with Gasteiger partial charge in [0.15, 0.2) is 0 Å². The van der Waals surface area contributed by atoms with E-state index in [4.69, 9.17) is 4.84 Å². The summed E-state index contributed by atoms with van der Waals surface area (Å²) in [5.74, 6) is -0.127. The van der Waals surface area contributed by atoms with E-state index in [-0.39, 0.29) is 24.3 Å². The van der Waals surface area contributed by atoms with Crippen molar-refractivity contribution in [2.24, 2.45) is 17.3 Å². The predicted molar refractivity (Wildman–Crippen MR) is 70.6 cm³/mol. The van der Waals surface area contributed by atoms with Crippen molar-refractivity contribution in [1.82, 2.24) is 10.8 Å². The second-order valence-corrected chi connectivity index (χ2v) is 6.03. The van der Waals surface area contributed by atoms with Crippen LogP contribution >= 0.6 is 0 Å². The fourth-order valence-electron chi connectivity index (χ4n) is 0.940. The first-order valence-electron chi connectivity index (χ1n) is 6.34. The molecule has 2 amide bonds. The Labute approximate surface area is 110 Å². The lowest BCUT2D eigenvalue weighted by Crippen LogP contribution is -2.38. The van der Waals surface area contributed by atoms with Crippen LogP contribution in [0.1, 0.15) is 41.5 Å². The topological polar surface area (TPSA) is 67.4 Å². The number of carbonyl (C=O) groups excluding carboxylic acids is 2. The van der Waals surface area contributed by atoms with E-state index in [1.807, 2.05) is 13.8 Å². The summed E-state index contributed by atoms with van der Waals surface area (Å²) >= 11 is 0. The summed E-state index contributed by atoms with van der Waals surface area (Å²) in [7, 11) is 0. The van der Waals surface area contributed by atoms with E-state index in [2.05, 4.69) is 10.8 Å². The molecule has 2 N–H and O–H groups in total. The van der Waals surface area contributed by atoms with E-state index < -0.39 is 5.41 Å². The quantitative estimate of drug-likeness (QED) is 0.709. The molecule has 0 aliphatic rings. The minimum atomic E-state index is -0.497. The maximum absolute atomic E-state index is 11.6. The van der Waals surface area contributed by atoms with Gasteiger partial charge < -0.3 is 5.32 Å². The van der Waals surface area contributed by atoms with Gasteiger partial charge in [-0.05, 0) is 5.92 Å². The summed E-state index contributed by atoms with van der Waals surface area (Å²) in [4.78, 5) is 28.2. The van der Waals surface area contributed by atoms with Gasteiger partial charge in [0, 0.05) is 12.0 Å². The molecule has 0 aromatic heterocycles. The number of hydroxylamine groups is 1. The van der Waals surface area contributed by atoms with Gasteiger partial charge in [0.05, 0.1) is 12.5 Å². The highest BCUT2D eigenvalue weighted by molar-refractivity contribution is 5.80. The zero-order valence-corrected chi connectivity index (χ0v) is 12.3. The van der Waals surface area contributed by atoms with Gasteiger partial charge in [0.1, 0.15) is 0 Å². The molecule has 0 bridgehead atoms. The summed E-state index contributed by atoms with van der Waals surface area (Å²) in [5, 5.41) is 2.82. The van der Waals surface area contributed by atoms with Gasteiger partial charge in [-0.15, -0.1) is 0 Å². The fourth-order valence-corrected chi connectivity index (χ4v) is 0.940. The molecule has 0 radical (unpaired) electrons. The average Bonchev–Trinajstić information content (AvgIpc) is 2.23. The lowest BCUT2D eigenvalue weighted by atomic mass is 9.96. The van der Waals surface area contributed by atoms with Crippen molar-refractivity contribution in [2.75, 3.05) is 13.2 Å². The van der Waals surface area contributed by atoms with Crippen LogP contribution in [0.4, 0.5) is 0 Å². The molecule has 0 aliphatic carbocycles. The molecule has 0 aromatic carbocycles. The summed E-state index contributed by atoms with van der Waals surface area (Å²) < 4.78 is 0. The van der Waals surface area contributed by atoms with E-state index in [9.17, 15) is 9.59 Å². The molecule has 5 heteroatoms. The number of hydrogen-bond donors (Lipinski definition) is 2. The molecule has 5 nitrogen and oxygen atoms in total. The molecule has 0 aliphatic heterocycles. The Bertz CT molecular complexity index is 282. The molecule has 0 saturated heterocycles. The zero-order valence-electron chi connectivity index (χ0n) is 12.3. The summed E-state index contributed by atoms with van der Waals surface area (Å²) in [6.07, 6.45) is 0. The number of hydrogen-bond acceptors (Lipinski definition) is 3. The van der Waals surface area contributed by atoms with Crippen LogP contribution in [-0.4, -0.2) is 25.0 Å². The lowest BCUT2D eigenvalue weighted by Gasteiger charge is -2.18. The van der Waals surface area contributed by atoms with Gasteiger partial charge >= 0.3 is 0 Å². The smallest absolute Gasteiger partial charge is 0.248 e. The highest BCUT2D eigenvalue weighted by Crippen LogP contribution is 2.12. The van der Waals surface area contributed by atoms with Crippen molar-refractivity contribution in [1.29, 1.82) is 0 Å². The van der Waals surface area contributed by atoms with E-state index >= 15 is 0 Å². The normalized spacial score (nSPS) is 13.3. The van der Waals surface area contributed by atoms with Crippen LogP contribution in [0.2, 0.25) is 0 Å². The van der Waals surface area contributed by atoms with Crippen LogP contribution in [0.15, 0.2) is 0 Å². The fraction of sp³-hybridized carbons (Fsp3) is 0.846. The summed E-state index contributed by atoms with van der Waals surface area (Å²) in [6, 6.07) is 0. The molecule has 1 atom stereocenters. The van der Waals surface area contributed by atoms with Crippen LogP contribution in [0.5, 0.6) is 0 Å². The number of nitrogens with one attached hydrogen (secondary N) is 2. The Balaban J connectivity index is 3.86. The van der Waals surface area contributed by atoms with Crippen molar-refractivity contribution in [3.63, 3.8) is 0 Å². The average molecular weight is 258 g/mol. The van der Waals surface area contributed by atoms with Crippen LogP contribution in [0, 0.1) is 17.3 Å². The van der Waals surface area contributed by atoms with Gasteiger partial charge in [-0.25, -0.2) is 5.48 Å². The maximum Gasteiger partial charge on any atom is 0.248 e. The van der Waals surface area contributed by atoms with E-state index in [1.165, 1.54) is 0 Å². The third kappa shape index (κ3) is 7.27. The Morgan fingerprint density at radius 1 is 1.17 bits per heavy atom. The zero-order chi connectivity index (χ0) is 14.3. The molecule has 106 valence electrons. The Hall–Kier alpha value is -1.10. The summed E-state index contributed by atoms with van der Waals surface area (Å²) in [5.41, 5.74) is 1.86. The Kier molecular flexibility index (Phi) is 6.91. The molecule has 0 spiro atoms. The van der Waals surface area contributed by atoms with Crippen molar-refractivity contribution >= 4 is 11.8 Å². The van der Waals surface area contributed by atoms with E-state index in [1.54, 1.807) is 27.7 Å². The monoisotopic (exact) mass is 258 g/mol. The molecular weight excluding hydrogens is 232 g/mol. The number of carbonyl (C=O) groups is 2. The van der Waals surface area contributed by atoms with E-state index in [0.29, 0.717) is 12.5 Å². The maximum atomic E-state index is 11.6. The van der Waals surface area contributed by atoms with Gasteiger partial charge in [0.25, 0.3) is 0 Å². The lowest BCUT2D eigenvalue weighted by molar-refractivity contribution is -0.144. The van der Waals surface area contributed by atoms with Crippen LogP contribution in [0.3, 0.4) is 0 Å². The molecule has 0 aromatic rings. The summed E-state index contributed by atoms with van der Waals surface area (Å²) in [6.45, 7) is 12.0. The third-order valence-corrected chi connectivity index (χ3v) is 2.31. The van der Waals surface area contributed by atoms with Crippen LogP contribution in [-0.2, 0) is 14.4 Å². The van der Waals surface area contributed by atoms with E-state index in [0.717, 1.165) is 0 Å². The number of amides is 2. The third-order valence-electron chi connectivity index (χ3n) is 2.31. The Morgan fingerprint density at radius 2 is 1.72 bits per heavy atom. The highest BCUT2D eigenvalue weighted by Gasteiger charge is 2.22. The molecule has 1 unspecified atom stereocenters. The SMILES string of the molecule is CC(C)CNC(=O)C(C)CONC(=O)C(C)(C)C. The van der Waals surface area contributed by atoms with Crippen LogP contribution in [0.25, 0.3) is 0 Å².